The summed E-state index contributed by atoms with van der Waals surface area (Å²) < 4.78 is 15.0. The van der Waals surface area contributed by atoms with Crippen LogP contribution in [-0.4, -0.2) is 20.9 Å². The first-order valence-electron chi connectivity index (χ1n) is 5.03. The van der Waals surface area contributed by atoms with Gasteiger partial charge in [-0.05, 0) is 25.1 Å². The SMILES string of the molecule is Cc1ccc(F)c(-c2cc(C(=O)O)nn2C)c1. The average Bonchev–Trinajstić information content (AvgIpc) is 2.64. The van der Waals surface area contributed by atoms with Gasteiger partial charge in [0.25, 0.3) is 0 Å². The predicted molar refractivity (Wildman–Crippen MR) is 60.3 cm³/mol. The second kappa shape index (κ2) is 4.01. The zero-order chi connectivity index (χ0) is 12.6. The summed E-state index contributed by atoms with van der Waals surface area (Å²) in [7, 11) is 1.59. The second-order valence-corrected chi connectivity index (χ2v) is 3.83. The summed E-state index contributed by atoms with van der Waals surface area (Å²) in [6.07, 6.45) is 0. The molecule has 88 valence electrons. The lowest BCUT2D eigenvalue weighted by Crippen LogP contribution is -1.99. The average molecular weight is 234 g/mol. The van der Waals surface area contributed by atoms with Crippen LogP contribution in [0.4, 0.5) is 4.39 Å². The van der Waals surface area contributed by atoms with Crippen molar-refractivity contribution in [1.82, 2.24) is 9.78 Å². The monoisotopic (exact) mass is 234 g/mol. The fraction of sp³-hybridized carbons (Fsp3) is 0.167. The van der Waals surface area contributed by atoms with E-state index >= 15 is 0 Å². The number of aromatic carboxylic acids is 1. The van der Waals surface area contributed by atoms with E-state index in [4.69, 9.17) is 5.11 Å². The van der Waals surface area contributed by atoms with Crippen LogP contribution < -0.4 is 0 Å². The Bertz CT molecular complexity index is 590. The summed E-state index contributed by atoms with van der Waals surface area (Å²) in [6, 6.07) is 6.05. The standard InChI is InChI=1S/C12H11FN2O2/c1-7-3-4-9(13)8(5-7)11-6-10(12(16)17)14-15(11)2/h3-6H,1-2H3,(H,16,17). The molecule has 0 unspecified atom stereocenters. The highest BCUT2D eigenvalue weighted by Crippen LogP contribution is 2.24. The van der Waals surface area contributed by atoms with Crippen molar-refractivity contribution in [3.63, 3.8) is 0 Å². The van der Waals surface area contributed by atoms with E-state index in [2.05, 4.69) is 5.10 Å². The van der Waals surface area contributed by atoms with Gasteiger partial charge in [0.05, 0.1) is 5.69 Å². The summed E-state index contributed by atoms with van der Waals surface area (Å²) in [5.41, 5.74) is 1.61. The number of aromatic nitrogens is 2. The molecular formula is C12H11FN2O2. The van der Waals surface area contributed by atoms with Crippen LogP contribution in [0.25, 0.3) is 11.3 Å². The van der Waals surface area contributed by atoms with Gasteiger partial charge in [0.15, 0.2) is 5.69 Å². The van der Waals surface area contributed by atoms with Crippen LogP contribution in [0.2, 0.25) is 0 Å². The lowest BCUT2D eigenvalue weighted by atomic mass is 10.1. The Labute approximate surface area is 97.3 Å². The minimum atomic E-state index is -1.13. The van der Waals surface area contributed by atoms with Gasteiger partial charge in [-0.1, -0.05) is 11.6 Å². The van der Waals surface area contributed by atoms with E-state index in [9.17, 15) is 9.18 Å². The maximum atomic E-state index is 13.7. The van der Waals surface area contributed by atoms with Crippen molar-refractivity contribution < 1.29 is 14.3 Å². The topological polar surface area (TPSA) is 55.1 Å². The van der Waals surface area contributed by atoms with E-state index in [1.165, 1.54) is 16.8 Å². The maximum Gasteiger partial charge on any atom is 0.356 e. The van der Waals surface area contributed by atoms with E-state index in [0.717, 1.165) is 5.56 Å². The Morgan fingerprint density at radius 3 is 2.71 bits per heavy atom. The number of benzene rings is 1. The maximum absolute atomic E-state index is 13.7. The Kier molecular flexibility index (Phi) is 2.67. The lowest BCUT2D eigenvalue weighted by Gasteiger charge is -2.04. The Balaban J connectivity index is 2.60. The number of halogens is 1. The van der Waals surface area contributed by atoms with Crippen molar-refractivity contribution in [2.24, 2.45) is 7.05 Å². The molecule has 0 amide bonds. The van der Waals surface area contributed by atoms with Gasteiger partial charge in [0, 0.05) is 12.6 Å². The summed E-state index contributed by atoms with van der Waals surface area (Å²) in [5, 5.41) is 12.6. The first-order chi connectivity index (χ1) is 7.99. The molecule has 0 aliphatic heterocycles. The number of hydrogen-bond donors (Lipinski definition) is 1. The van der Waals surface area contributed by atoms with Gasteiger partial charge in [-0.15, -0.1) is 0 Å². The molecule has 1 N–H and O–H groups in total. The number of nitrogens with zero attached hydrogens (tertiary/aromatic N) is 2. The van der Waals surface area contributed by atoms with Crippen LogP contribution in [0.5, 0.6) is 0 Å². The summed E-state index contributed by atoms with van der Waals surface area (Å²) in [5.74, 6) is -1.52. The second-order valence-electron chi connectivity index (χ2n) is 3.83. The number of carboxylic acids is 1. The molecule has 0 saturated carbocycles. The van der Waals surface area contributed by atoms with Crippen molar-refractivity contribution >= 4 is 5.97 Å². The van der Waals surface area contributed by atoms with Gasteiger partial charge in [0.1, 0.15) is 5.82 Å². The number of carbonyl (C=O) groups is 1. The van der Waals surface area contributed by atoms with Crippen molar-refractivity contribution in [3.8, 4) is 11.3 Å². The van der Waals surface area contributed by atoms with Crippen molar-refractivity contribution in [3.05, 3.63) is 41.3 Å². The van der Waals surface area contributed by atoms with Crippen LogP contribution >= 0.6 is 0 Å². The number of carboxylic acid groups (broad SMARTS) is 1. The molecule has 2 rings (SSSR count). The van der Waals surface area contributed by atoms with Crippen LogP contribution in [0.3, 0.4) is 0 Å². The van der Waals surface area contributed by atoms with Crippen LogP contribution in [0.15, 0.2) is 24.3 Å². The van der Waals surface area contributed by atoms with E-state index < -0.39 is 11.8 Å². The number of rotatable bonds is 2. The molecule has 1 aromatic heterocycles. The minimum Gasteiger partial charge on any atom is -0.476 e. The van der Waals surface area contributed by atoms with Crippen molar-refractivity contribution in [2.45, 2.75) is 6.92 Å². The van der Waals surface area contributed by atoms with Gasteiger partial charge >= 0.3 is 5.97 Å². The highest BCUT2D eigenvalue weighted by Gasteiger charge is 2.15. The summed E-state index contributed by atoms with van der Waals surface area (Å²) in [4.78, 5) is 10.8. The molecule has 4 nitrogen and oxygen atoms in total. The molecule has 2 aromatic rings. The fourth-order valence-corrected chi connectivity index (χ4v) is 1.66. The van der Waals surface area contributed by atoms with E-state index in [0.29, 0.717) is 11.3 Å². The number of aryl methyl sites for hydroxylation is 2. The largest absolute Gasteiger partial charge is 0.476 e. The molecular weight excluding hydrogens is 223 g/mol. The Morgan fingerprint density at radius 1 is 1.41 bits per heavy atom. The van der Waals surface area contributed by atoms with Crippen LogP contribution in [0.1, 0.15) is 16.1 Å². The molecule has 0 aliphatic carbocycles. The Morgan fingerprint density at radius 2 is 2.12 bits per heavy atom. The fourth-order valence-electron chi connectivity index (χ4n) is 1.66. The van der Waals surface area contributed by atoms with Crippen molar-refractivity contribution in [2.75, 3.05) is 0 Å². The first kappa shape index (κ1) is 11.3. The summed E-state index contributed by atoms with van der Waals surface area (Å²) >= 11 is 0. The molecule has 0 aliphatic rings. The van der Waals surface area contributed by atoms with Crippen molar-refractivity contribution in [1.29, 1.82) is 0 Å². The van der Waals surface area contributed by atoms with Gasteiger partial charge in [0.2, 0.25) is 0 Å². The van der Waals surface area contributed by atoms with Crippen LogP contribution in [-0.2, 0) is 7.05 Å². The van der Waals surface area contributed by atoms with E-state index in [-0.39, 0.29) is 5.69 Å². The predicted octanol–water partition coefficient (Wildman–Crippen LogP) is 2.23. The molecule has 0 atom stereocenters. The van der Waals surface area contributed by atoms with Gasteiger partial charge in [-0.3, -0.25) is 4.68 Å². The molecule has 17 heavy (non-hydrogen) atoms. The molecule has 0 spiro atoms. The first-order valence-corrected chi connectivity index (χ1v) is 5.03. The normalized spacial score (nSPS) is 10.5. The molecule has 5 heteroatoms. The highest BCUT2D eigenvalue weighted by atomic mass is 19.1. The summed E-state index contributed by atoms with van der Waals surface area (Å²) in [6.45, 7) is 1.84. The molecule has 0 bridgehead atoms. The molecule has 1 aromatic carbocycles. The van der Waals surface area contributed by atoms with Gasteiger partial charge in [-0.25, -0.2) is 9.18 Å². The van der Waals surface area contributed by atoms with E-state index in [1.54, 1.807) is 19.2 Å². The zero-order valence-electron chi connectivity index (χ0n) is 9.44. The van der Waals surface area contributed by atoms with Gasteiger partial charge < -0.3 is 5.11 Å². The lowest BCUT2D eigenvalue weighted by molar-refractivity contribution is 0.0689. The minimum absolute atomic E-state index is 0.0941. The van der Waals surface area contributed by atoms with E-state index in [1.807, 2.05) is 6.92 Å². The molecule has 0 saturated heterocycles. The third kappa shape index (κ3) is 2.04. The highest BCUT2D eigenvalue weighted by molar-refractivity contribution is 5.87. The molecule has 0 fully saturated rings. The third-order valence-electron chi connectivity index (χ3n) is 2.50. The zero-order valence-corrected chi connectivity index (χ0v) is 9.44. The molecule has 1 heterocycles. The smallest absolute Gasteiger partial charge is 0.356 e. The number of hydrogen-bond acceptors (Lipinski definition) is 2. The third-order valence-corrected chi connectivity index (χ3v) is 2.50. The van der Waals surface area contributed by atoms with Gasteiger partial charge in [-0.2, -0.15) is 5.10 Å². The van der Waals surface area contributed by atoms with Crippen LogP contribution in [0, 0.1) is 12.7 Å². The Hall–Kier alpha value is -2.17. The molecule has 0 radical (unpaired) electrons. The quantitative estimate of drug-likeness (QED) is 0.866.